The van der Waals surface area contributed by atoms with Gasteiger partial charge in [-0.2, -0.15) is 0 Å². The Morgan fingerprint density at radius 1 is 1.03 bits per heavy atom. The molecule has 30 heavy (non-hydrogen) atoms. The summed E-state index contributed by atoms with van der Waals surface area (Å²) in [6, 6.07) is 7.30. The second kappa shape index (κ2) is 8.47. The summed E-state index contributed by atoms with van der Waals surface area (Å²) in [5.74, 6) is 0.308. The van der Waals surface area contributed by atoms with Crippen LogP contribution in [0.15, 0.2) is 40.5 Å². The van der Waals surface area contributed by atoms with Crippen LogP contribution in [0, 0.1) is 18.3 Å². The molecular formula is C25H31NO4. The summed E-state index contributed by atoms with van der Waals surface area (Å²) in [5, 5.41) is 0. The molecule has 1 heterocycles. The van der Waals surface area contributed by atoms with Crippen molar-refractivity contribution in [2.45, 2.75) is 72.5 Å². The van der Waals surface area contributed by atoms with Crippen molar-refractivity contribution in [2.24, 2.45) is 10.9 Å². The number of aliphatic imine (C=N–C) groups is 1. The van der Waals surface area contributed by atoms with Gasteiger partial charge in [-0.25, -0.2) is 4.79 Å². The lowest BCUT2D eigenvalue weighted by Gasteiger charge is -2.34. The number of esters is 2. The lowest BCUT2D eigenvalue weighted by molar-refractivity contribution is -0.158. The van der Waals surface area contributed by atoms with Crippen molar-refractivity contribution < 1.29 is 19.1 Å². The summed E-state index contributed by atoms with van der Waals surface area (Å²) in [5.41, 5.74) is 1.51. The highest BCUT2D eigenvalue weighted by atomic mass is 16.6. The highest BCUT2D eigenvalue weighted by Crippen LogP contribution is 2.41. The topological polar surface area (TPSA) is 65.0 Å². The predicted octanol–water partition coefficient (Wildman–Crippen LogP) is 4.80. The van der Waals surface area contributed by atoms with Crippen LogP contribution >= 0.6 is 0 Å². The summed E-state index contributed by atoms with van der Waals surface area (Å²) >= 11 is 0. The Hall–Kier alpha value is -2.87. The molecule has 0 radical (unpaired) electrons. The van der Waals surface area contributed by atoms with E-state index in [2.05, 4.69) is 10.9 Å². The molecule has 0 aromatic heterocycles. The summed E-state index contributed by atoms with van der Waals surface area (Å²) in [6.07, 6.45) is 5.59. The molecule has 2 unspecified atom stereocenters. The summed E-state index contributed by atoms with van der Waals surface area (Å²) in [4.78, 5) is 30.9. The zero-order valence-corrected chi connectivity index (χ0v) is 19.1. The molecule has 0 fully saturated rings. The van der Waals surface area contributed by atoms with Crippen LogP contribution in [0.4, 0.5) is 0 Å². The van der Waals surface area contributed by atoms with Crippen LogP contribution in [0.25, 0.3) is 0 Å². The van der Waals surface area contributed by atoms with Crippen LogP contribution in [0.3, 0.4) is 0 Å². The van der Waals surface area contributed by atoms with Gasteiger partial charge in [-0.1, -0.05) is 18.1 Å². The number of terminal acetylenes is 1. The summed E-state index contributed by atoms with van der Waals surface area (Å²) in [7, 11) is 0. The van der Waals surface area contributed by atoms with Gasteiger partial charge in [0.15, 0.2) is 0 Å². The van der Waals surface area contributed by atoms with Crippen LogP contribution in [0.5, 0.6) is 0 Å². The molecule has 1 aliphatic rings. The summed E-state index contributed by atoms with van der Waals surface area (Å²) in [6.45, 7) is 14.4. The molecule has 1 aliphatic heterocycles. The molecule has 160 valence electrons. The minimum absolute atomic E-state index is 0.348. The first kappa shape index (κ1) is 23.4. The first-order valence-electron chi connectivity index (χ1n) is 10.0. The van der Waals surface area contributed by atoms with E-state index in [0.717, 1.165) is 5.56 Å². The number of carbonyl (C=O) groups excluding carboxylic acids is 2. The van der Waals surface area contributed by atoms with E-state index in [1.807, 2.05) is 39.0 Å². The third kappa shape index (κ3) is 5.60. The molecule has 0 aliphatic carbocycles. The van der Waals surface area contributed by atoms with Gasteiger partial charge >= 0.3 is 11.9 Å². The van der Waals surface area contributed by atoms with Crippen molar-refractivity contribution in [2.75, 3.05) is 0 Å². The van der Waals surface area contributed by atoms with Crippen molar-refractivity contribution in [3.8, 4) is 12.3 Å². The van der Waals surface area contributed by atoms with Gasteiger partial charge in [0.25, 0.3) is 0 Å². The molecule has 5 nitrogen and oxygen atoms in total. The van der Waals surface area contributed by atoms with Crippen molar-refractivity contribution in [3.63, 3.8) is 0 Å². The van der Waals surface area contributed by atoms with E-state index in [1.54, 1.807) is 40.7 Å². The maximum Gasteiger partial charge on any atom is 0.337 e. The molecule has 0 saturated carbocycles. The molecule has 5 heteroatoms. The fraction of sp³-hybridized carbons (Fsp3) is 0.480. The second-order valence-corrected chi connectivity index (χ2v) is 9.51. The zero-order chi connectivity index (χ0) is 22.9. The zero-order valence-electron chi connectivity index (χ0n) is 19.1. The van der Waals surface area contributed by atoms with Gasteiger partial charge in [-0.05, 0) is 73.1 Å². The molecular weight excluding hydrogens is 378 g/mol. The third-order valence-corrected chi connectivity index (χ3v) is 4.52. The quantitative estimate of drug-likeness (QED) is 0.531. The first-order valence-corrected chi connectivity index (χ1v) is 10.0. The number of rotatable bonds is 3. The van der Waals surface area contributed by atoms with Gasteiger partial charge in [0.2, 0.25) is 0 Å². The van der Waals surface area contributed by atoms with E-state index in [-0.39, 0.29) is 0 Å². The van der Waals surface area contributed by atoms with Gasteiger partial charge in [-0.15, -0.1) is 6.42 Å². The largest absolute Gasteiger partial charge is 0.459 e. The highest BCUT2D eigenvalue weighted by molar-refractivity contribution is 6.07. The smallest absolute Gasteiger partial charge is 0.337 e. The number of hydrogen-bond acceptors (Lipinski definition) is 5. The Morgan fingerprint density at radius 2 is 1.63 bits per heavy atom. The van der Waals surface area contributed by atoms with Gasteiger partial charge in [0, 0.05) is 22.9 Å². The molecule has 0 N–H and O–H groups in total. The number of ether oxygens (including phenoxy) is 2. The third-order valence-electron chi connectivity index (χ3n) is 4.52. The monoisotopic (exact) mass is 409 g/mol. The molecule has 2 rings (SSSR count). The van der Waals surface area contributed by atoms with Crippen LogP contribution in [0.2, 0.25) is 0 Å². The van der Waals surface area contributed by atoms with E-state index in [0.29, 0.717) is 22.5 Å². The number of benzene rings is 1. The lowest BCUT2D eigenvalue weighted by Crippen LogP contribution is -2.40. The standard InChI is InChI=1S/C25H31NO4/c1-10-17-12-11-13-18(14-17)21-19(22(27)29-24(4,5)6)15(2)26-16(3)20(21)23(28)30-25(7,8)9/h1,11-14,19,21H,2-9H3. The van der Waals surface area contributed by atoms with E-state index in [1.165, 1.54) is 0 Å². The van der Waals surface area contributed by atoms with E-state index < -0.39 is 35.0 Å². The Kier molecular flexibility index (Phi) is 6.61. The van der Waals surface area contributed by atoms with Crippen molar-refractivity contribution in [1.29, 1.82) is 0 Å². The van der Waals surface area contributed by atoms with Crippen LogP contribution in [-0.4, -0.2) is 28.9 Å². The van der Waals surface area contributed by atoms with Crippen molar-refractivity contribution in [3.05, 3.63) is 46.7 Å². The maximum absolute atomic E-state index is 13.2. The van der Waals surface area contributed by atoms with Crippen LogP contribution in [-0.2, 0) is 19.1 Å². The minimum Gasteiger partial charge on any atom is -0.459 e. The second-order valence-electron chi connectivity index (χ2n) is 9.51. The Balaban J connectivity index is 2.67. The minimum atomic E-state index is -0.761. The fourth-order valence-electron chi connectivity index (χ4n) is 3.49. The molecule has 0 spiro atoms. The van der Waals surface area contributed by atoms with Gasteiger partial charge in [0.1, 0.15) is 17.1 Å². The lowest BCUT2D eigenvalue weighted by atomic mass is 9.75. The number of allylic oxidation sites excluding steroid dienone is 1. The van der Waals surface area contributed by atoms with Crippen LogP contribution < -0.4 is 0 Å². The van der Waals surface area contributed by atoms with E-state index in [9.17, 15) is 9.59 Å². The molecule has 1 aromatic rings. The number of hydrogen-bond donors (Lipinski definition) is 0. The predicted molar refractivity (Wildman–Crippen MR) is 118 cm³/mol. The Labute approximate surface area is 179 Å². The van der Waals surface area contributed by atoms with E-state index in [4.69, 9.17) is 15.9 Å². The Bertz CT molecular complexity index is 949. The maximum atomic E-state index is 13.2. The molecule has 0 bridgehead atoms. The fourth-order valence-corrected chi connectivity index (χ4v) is 3.49. The molecule has 2 atom stereocenters. The first-order chi connectivity index (χ1) is 13.7. The molecule has 0 amide bonds. The number of nitrogens with zero attached hydrogens (tertiary/aromatic N) is 1. The van der Waals surface area contributed by atoms with Crippen LogP contribution in [0.1, 0.15) is 72.4 Å². The molecule has 0 saturated heterocycles. The average Bonchev–Trinajstić information content (AvgIpc) is 2.57. The molecule has 1 aromatic carbocycles. The van der Waals surface area contributed by atoms with Gasteiger partial charge in [0.05, 0.1) is 5.57 Å². The average molecular weight is 410 g/mol. The van der Waals surface area contributed by atoms with Gasteiger partial charge in [-0.3, -0.25) is 9.79 Å². The van der Waals surface area contributed by atoms with Crippen molar-refractivity contribution in [1.82, 2.24) is 0 Å². The van der Waals surface area contributed by atoms with Crippen molar-refractivity contribution >= 4 is 17.7 Å². The highest BCUT2D eigenvalue weighted by Gasteiger charge is 2.44. The normalized spacial score (nSPS) is 19.6. The van der Waals surface area contributed by atoms with E-state index >= 15 is 0 Å². The number of carbonyl (C=O) groups is 2. The summed E-state index contributed by atoms with van der Waals surface area (Å²) < 4.78 is 11.3. The Morgan fingerprint density at radius 3 is 2.17 bits per heavy atom. The van der Waals surface area contributed by atoms with Gasteiger partial charge < -0.3 is 9.47 Å². The SMILES string of the molecule is C#Cc1cccc(C2C(C(=O)OC(C)(C)C)=C(C)N=C(C)C2C(=O)OC(C)(C)C)c1.